The fourth-order valence-electron chi connectivity index (χ4n) is 2.33. The number of primary amides is 1. The highest BCUT2D eigenvalue weighted by molar-refractivity contribution is 14.0. The van der Waals surface area contributed by atoms with Gasteiger partial charge in [0.25, 0.3) is 5.91 Å². The summed E-state index contributed by atoms with van der Waals surface area (Å²) in [6.45, 7) is 2.02. The second kappa shape index (κ2) is 12.7. The van der Waals surface area contributed by atoms with Crippen LogP contribution in [0, 0.1) is 0 Å². The van der Waals surface area contributed by atoms with Crippen LogP contribution >= 0.6 is 24.0 Å². The molecule has 0 saturated heterocycles. The van der Waals surface area contributed by atoms with Gasteiger partial charge in [0.15, 0.2) is 5.96 Å². The van der Waals surface area contributed by atoms with E-state index >= 15 is 0 Å². The zero-order valence-electron chi connectivity index (χ0n) is 15.7. The molecule has 2 aromatic rings. The number of nitrogens with zero attached hydrogens (tertiary/aromatic N) is 3. The van der Waals surface area contributed by atoms with Gasteiger partial charge in [-0.15, -0.1) is 24.0 Å². The lowest BCUT2D eigenvalue weighted by Gasteiger charge is -2.12. The Morgan fingerprint density at radius 2 is 1.93 bits per heavy atom. The molecule has 0 atom stereocenters. The standard InChI is InChI=1S/C18H25N7O2.HI/c1-20-18(21-8-2-10-25-11-3-9-24-25)23-12-14-4-6-15(7-5-14)17(27)22-13-16(19)26;/h3-7,9,11H,2,8,10,12-13H2,1H3,(H2,19,26)(H,22,27)(H2,20,21,23);1H. The molecule has 152 valence electrons. The van der Waals surface area contributed by atoms with Crippen molar-refractivity contribution in [3.63, 3.8) is 0 Å². The normalized spacial score (nSPS) is 10.7. The summed E-state index contributed by atoms with van der Waals surface area (Å²) in [6, 6.07) is 9.00. The number of aliphatic imine (C=N–C) groups is 1. The molecule has 0 unspecified atom stereocenters. The fraction of sp³-hybridized carbons (Fsp3) is 0.333. The van der Waals surface area contributed by atoms with E-state index in [1.807, 2.05) is 29.1 Å². The second-order valence-corrected chi connectivity index (χ2v) is 5.82. The van der Waals surface area contributed by atoms with E-state index in [9.17, 15) is 9.59 Å². The minimum atomic E-state index is -0.576. The molecule has 0 fully saturated rings. The number of rotatable bonds is 9. The van der Waals surface area contributed by atoms with Crippen molar-refractivity contribution < 1.29 is 9.59 Å². The highest BCUT2D eigenvalue weighted by atomic mass is 127. The van der Waals surface area contributed by atoms with Gasteiger partial charge in [-0.25, -0.2) is 0 Å². The number of benzene rings is 1. The lowest BCUT2D eigenvalue weighted by Crippen LogP contribution is -2.37. The summed E-state index contributed by atoms with van der Waals surface area (Å²) < 4.78 is 1.89. The Morgan fingerprint density at radius 1 is 1.18 bits per heavy atom. The van der Waals surface area contributed by atoms with Crippen molar-refractivity contribution in [1.29, 1.82) is 0 Å². The van der Waals surface area contributed by atoms with Gasteiger partial charge in [-0.05, 0) is 30.2 Å². The quantitative estimate of drug-likeness (QED) is 0.173. The van der Waals surface area contributed by atoms with E-state index in [0.717, 1.165) is 25.1 Å². The van der Waals surface area contributed by atoms with Crippen molar-refractivity contribution in [1.82, 2.24) is 25.7 Å². The highest BCUT2D eigenvalue weighted by Crippen LogP contribution is 2.04. The number of hydrogen-bond donors (Lipinski definition) is 4. The molecule has 0 radical (unpaired) electrons. The maximum Gasteiger partial charge on any atom is 0.251 e. The van der Waals surface area contributed by atoms with Crippen molar-refractivity contribution in [2.75, 3.05) is 20.1 Å². The number of aromatic nitrogens is 2. The molecule has 0 aliphatic rings. The molecule has 5 N–H and O–H groups in total. The largest absolute Gasteiger partial charge is 0.368 e. The van der Waals surface area contributed by atoms with Gasteiger partial charge in [-0.1, -0.05) is 12.1 Å². The molecule has 0 spiro atoms. The summed E-state index contributed by atoms with van der Waals surface area (Å²) in [7, 11) is 1.72. The van der Waals surface area contributed by atoms with Gasteiger partial charge >= 0.3 is 0 Å². The number of nitrogens with two attached hydrogens (primary N) is 1. The average Bonchev–Trinajstić information content (AvgIpc) is 3.19. The molecule has 2 rings (SSSR count). The van der Waals surface area contributed by atoms with Gasteiger partial charge in [0.2, 0.25) is 5.91 Å². The number of halogens is 1. The molecule has 1 heterocycles. The van der Waals surface area contributed by atoms with Crippen LogP contribution in [0.1, 0.15) is 22.3 Å². The Bertz CT molecular complexity index is 761. The van der Waals surface area contributed by atoms with E-state index in [2.05, 4.69) is 26.0 Å². The van der Waals surface area contributed by atoms with Crippen molar-refractivity contribution in [2.45, 2.75) is 19.5 Å². The molecule has 28 heavy (non-hydrogen) atoms. The molecule has 1 aromatic carbocycles. The summed E-state index contributed by atoms with van der Waals surface area (Å²) in [5.74, 6) is -0.200. The average molecular weight is 499 g/mol. The maximum atomic E-state index is 11.8. The van der Waals surface area contributed by atoms with Crippen LogP contribution in [0.4, 0.5) is 0 Å². The zero-order chi connectivity index (χ0) is 19.5. The summed E-state index contributed by atoms with van der Waals surface area (Å²) in [4.78, 5) is 26.7. The second-order valence-electron chi connectivity index (χ2n) is 5.82. The smallest absolute Gasteiger partial charge is 0.251 e. The summed E-state index contributed by atoms with van der Waals surface area (Å²) in [6.07, 6.45) is 4.63. The number of hydrogen-bond acceptors (Lipinski definition) is 4. The predicted molar refractivity (Wildman–Crippen MR) is 118 cm³/mol. The first-order chi connectivity index (χ1) is 13.1. The molecule has 10 heteroatoms. The number of carbonyl (C=O) groups is 2. The third-order valence-corrected chi connectivity index (χ3v) is 3.74. The molecule has 0 aliphatic heterocycles. The molecule has 0 saturated carbocycles. The maximum absolute atomic E-state index is 11.8. The first kappa shape index (κ1) is 23.4. The van der Waals surface area contributed by atoms with Gasteiger partial charge in [0, 0.05) is 44.6 Å². The minimum absolute atomic E-state index is 0. The van der Waals surface area contributed by atoms with Crippen LogP contribution in [0.15, 0.2) is 47.7 Å². The molecule has 9 nitrogen and oxygen atoms in total. The fourth-order valence-corrected chi connectivity index (χ4v) is 2.33. The lowest BCUT2D eigenvalue weighted by atomic mass is 10.1. The van der Waals surface area contributed by atoms with E-state index in [0.29, 0.717) is 18.1 Å². The van der Waals surface area contributed by atoms with Crippen LogP contribution in [0.25, 0.3) is 0 Å². The molecular weight excluding hydrogens is 473 g/mol. The molecule has 0 bridgehead atoms. The van der Waals surface area contributed by atoms with Gasteiger partial charge in [-0.2, -0.15) is 5.10 Å². The number of guanidine groups is 1. The van der Waals surface area contributed by atoms with E-state index in [-0.39, 0.29) is 36.4 Å². The number of aryl methyl sites for hydroxylation is 1. The SMILES string of the molecule is CN=C(NCCCn1cccn1)NCc1ccc(C(=O)NCC(N)=O)cc1.I. The van der Waals surface area contributed by atoms with Crippen LogP contribution in [-0.4, -0.2) is 47.7 Å². The monoisotopic (exact) mass is 499 g/mol. The number of amides is 2. The Hall–Kier alpha value is -2.63. The van der Waals surface area contributed by atoms with E-state index < -0.39 is 5.91 Å². The van der Waals surface area contributed by atoms with E-state index in [1.54, 1.807) is 25.4 Å². The Kier molecular flexibility index (Phi) is 10.6. The number of nitrogens with one attached hydrogen (secondary N) is 3. The van der Waals surface area contributed by atoms with Gasteiger partial charge < -0.3 is 21.7 Å². The van der Waals surface area contributed by atoms with Crippen LogP contribution in [0.2, 0.25) is 0 Å². The van der Waals surface area contributed by atoms with E-state index in [4.69, 9.17) is 5.73 Å². The van der Waals surface area contributed by atoms with Crippen LogP contribution in [-0.2, 0) is 17.9 Å². The van der Waals surface area contributed by atoms with E-state index in [1.165, 1.54) is 0 Å². The van der Waals surface area contributed by atoms with Gasteiger partial charge in [0.1, 0.15) is 0 Å². The van der Waals surface area contributed by atoms with Crippen LogP contribution < -0.4 is 21.7 Å². The Balaban J connectivity index is 0.00000392. The van der Waals surface area contributed by atoms with Crippen molar-refractivity contribution in [3.05, 3.63) is 53.9 Å². The Morgan fingerprint density at radius 3 is 2.54 bits per heavy atom. The van der Waals surface area contributed by atoms with Gasteiger partial charge in [0.05, 0.1) is 6.54 Å². The molecule has 2 amide bonds. The van der Waals surface area contributed by atoms with Crippen molar-refractivity contribution >= 4 is 41.8 Å². The van der Waals surface area contributed by atoms with Crippen molar-refractivity contribution in [2.24, 2.45) is 10.7 Å². The zero-order valence-corrected chi connectivity index (χ0v) is 18.1. The Labute approximate surface area is 181 Å². The first-order valence-electron chi connectivity index (χ1n) is 8.66. The predicted octanol–water partition coefficient (Wildman–Crippen LogP) is 0.471. The highest BCUT2D eigenvalue weighted by Gasteiger charge is 2.06. The molecule has 1 aromatic heterocycles. The lowest BCUT2D eigenvalue weighted by molar-refractivity contribution is -0.117. The summed E-state index contributed by atoms with van der Waals surface area (Å²) in [5.41, 5.74) is 6.48. The molecular formula is C18H26IN7O2. The van der Waals surface area contributed by atoms with Crippen LogP contribution in [0.3, 0.4) is 0 Å². The van der Waals surface area contributed by atoms with Crippen molar-refractivity contribution in [3.8, 4) is 0 Å². The molecule has 0 aliphatic carbocycles. The summed E-state index contributed by atoms with van der Waals surface area (Å²) >= 11 is 0. The van der Waals surface area contributed by atoms with Crippen LogP contribution in [0.5, 0.6) is 0 Å². The van der Waals surface area contributed by atoms with Gasteiger partial charge in [-0.3, -0.25) is 19.3 Å². The topological polar surface area (TPSA) is 126 Å². The third kappa shape index (κ3) is 8.37. The summed E-state index contributed by atoms with van der Waals surface area (Å²) in [5, 5.41) is 13.1. The first-order valence-corrected chi connectivity index (χ1v) is 8.66. The third-order valence-electron chi connectivity index (χ3n) is 3.74. The minimum Gasteiger partial charge on any atom is -0.368 e. The number of carbonyl (C=O) groups excluding carboxylic acids is 2.